The van der Waals surface area contributed by atoms with Crippen molar-refractivity contribution in [2.45, 2.75) is 4.90 Å². The summed E-state index contributed by atoms with van der Waals surface area (Å²) in [5.74, 6) is 0.821. The Hall–Kier alpha value is -5.22. The third kappa shape index (κ3) is 9.14. The number of benzene rings is 4. The van der Waals surface area contributed by atoms with Gasteiger partial charge in [0.15, 0.2) is 0 Å². The van der Waals surface area contributed by atoms with Gasteiger partial charge in [-0.15, -0.1) is 11.8 Å². The van der Waals surface area contributed by atoms with Crippen molar-refractivity contribution in [1.29, 1.82) is 0 Å². The van der Waals surface area contributed by atoms with E-state index >= 15 is 0 Å². The molecule has 0 spiro atoms. The molecule has 10 heteroatoms. The van der Waals surface area contributed by atoms with Crippen LogP contribution in [0.15, 0.2) is 108 Å². The fourth-order valence-electron chi connectivity index (χ4n) is 3.90. The second-order valence-electron chi connectivity index (χ2n) is 9.07. The average molecular weight is 598 g/mol. The topological polar surface area (TPSA) is 115 Å². The fraction of sp³-hybridized carbons (Fsp3) is 0.121. The first-order chi connectivity index (χ1) is 20.9. The monoisotopic (exact) mass is 597 g/mol. The van der Waals surface area contributed by atoms with Crippen LogP contribution in [0, 0.1) is 0 Å². The predicted molar refractivity (Wildman–Crippen MR) is 169 cm³/mol. The van der Waals surface area contributed by atoms with Crippen LogP contribution in [0.1, 0.15) is 15.9 Å². The third-order valence-electron chi connectivity index (χ3n) is 6.05. The quantitative estimate of drug-likeness (QED) is 0.139. The summed E-state index contributed by atoms with van der Waals surface area (Å²) in [5.41, 5.74) is 2.24. The zero-order chi connectivity index (χ0) is 30.6. The van der Waals surface area contributed by atoms with Crippen LogP contribution in [0.2, 0.25) is 0 Å². The maximum Gasteiger partial charge on any atom is 0.272 e. The van der Waals surface area contributed by atoms with Gasteiger partial charge in [0.25, 0.3) is 11.8 Å². The van der Waals surface area contributed by atoms with Gasteiger partial charge in [-0.3, -0.25) is 14.4 Å². The van der Waals surface area contributed by atoms with Crippen LogP contribution in [0.25, 0.3) is 6.08 Å². The predicted octanol–water partition coefficient (Wildman–Crippen LogP) is 5.85. The van der Waals surface area contributed by atoms with Gasteiger partial charge in [-0.05, 0) is 60.2 Å². The molecule has 0 aliphatic heterocycles. The van der Waals surface area contributed by atoms with Crippen molar-refractivity contribution < 1.29 is 28.6 Å². The van der Waals surface area contributed by atoms with Crippen LogP contribution < -0.4 is 30.2 Å². The number of hydrogen-bond acceptors (Lipinski definition) is 7. The summed E-state index contributed by atoms with van der Waals surface area (Å²) in [4.78, 5) is 39.5. The van der Waals surface area contributed by atoms with Gasteiger partial charge >= 0.3 is 0 Å². The van der Waals surface area contributed by atoms with Gasteiger partial charge in [-0.2, -0.15) is 0 Å². The summed E-state index contributed by atoms with van der Waals surface area (Å²) in [6.07, 6.45) is 1.58. The first-order valence-electron chi connectivity index (χ1n) is 13.2. The molecule has 4 aromatic carbocycles. The Labute approximate surface area is 254 Å². The zero-order valence-electron chi connectivity index (χ0n) is 23.9. The molecule has 0 aromatic heterocycles. The Morgan fingerprint density at radius 3 is 2.02 bits per heavy atom. The first kappa shape index (κ1) is 30.7. The summed E-state index contributed by atoms with van der Waals surface area (Å²) < 4.78 is 15.8. The summed E-state index contributed by atoms with van der Waals surface area (Å²) in [6, 6.07) is 28.0. The molecule has 0 heterocycles. The van der Waals surface area contributed by atoms with Gasteiger partial charge in [0, 0.05) is 40.0 Å². The van der Waals surface area contributed by atoms with Gasteiger partial charge in [-0.25, -0.2) is 0 Å². The summed E-state index contributed by atoms with van der Waals surface area (Å²) in [7, 11) is 4.64. The highest BCUT2D eigenvalue weighted by atomic mass is 32.2. The minimum Gasteiger partial charge on any atom is -0.497 e. The highest BCUT2D eigenvalue weighted by molar-refractivity contribution is 8.00. The van der Waals surface area contributed by atoms with E-state index in [1.807, 2.05) is 6.07 Å². The van der Waals surface area contributed by atoms with Crippen LogP contribution in [-0.4, -0.2) is 44.8 Å². The Bertz CT molecular complexity index is 1580. The molecule has 0 radical (unpaired) electrons. The number of amides is 3. The molecule has 0 bridgehead atoms. The SMILES string of the molecule is COc1cccc(/C=C(\NC(=O)c2ccccc2)C(=O)Nc2ccc(SCC(=O)Nc3cc(OC)cc(OC)c3)cc2)c1. The molecule has 0 saturated carbocycles. The van der Waals surface area contributed by atoms with Crippen LogP contribution >= 0.6 is 11.8 Å². The number of carbonyl (C=O) groups is 3. The zero-order valence-corrected chi connectivity index (χ0v) is 24.7. The smallest absolute Gasteiger partial charge is 0.272 e. The molecule has 43 heavy (non-hydrogen) atoms. The van der Waals surface area contributed by atoms with Crippen molar-refractivity contribution in [3.05, 3.63) is 114 Å². The molecule has 0 unspecified atom stereocenters. The van der Waals surface area contributed by atoms with Crippen molar-refractivity contribution in [2.75, 3.05) is 37.7 Å². The lowest BCUT2D eigenvalue weighted by atomic mass is 10.1. The Balaban J connectivity index is 1.40. The molecule has 3 amide bonds. The Morgan fingerprint density at radius 1 is 0.698 bits per heavy atom. The molecule has 3 N–H and O–H groups in total. The molecule has 0 atom stereocenters. The second kappa shape index (κ2) is 15.1. The molecular weight excluding hydrogens is 566 g/mol. The normalized spacial score (nSPS) is 10.8. The maximum atomic E-state index is 13.3. The van der Waals surface area contributed by atoms with E-state index in [0.29, 0.717) is 39.8 Å². The van der Waals surface area contributed by atoms with Gasteiger partial charge in [-0.1, -0.05) is 30.3 Å². The van der Waals surface area contributed by atoms with Crippen molar-refractivity contribution in [2.24, 2.45) is 0 Å². The lowest BCUT2D eigenvalue weighted by Crippen LogP contribution is -2.30. The Morgan fingerprint density at radius 2 is 1.37 bits per heavy atom. The molecule has 0 fully saturated rings. The van der Waals surface area contributed by atoms with E-state index in [4.69, 9.17) is 14.2 Å². The van der Waals surface area contributed by atoms with Crippen molar-refractivity contribution in [1.82, 2.24) is 5.32 Å². The highest BCUT2D eigenvalue weighted by Gasteiger charge is 2.15. The largest absolute Gasteiger partial charge is 0.497 e. The summed E-state index contributed by atoms with van der Waals surface area (Å²) in [5, 5.41) is 8.39. The number of anilines is 2. The van der Waals surface area contributed by atoms with E-state index in [1.165, 1.54) is 11.8 Å². The number of rotatable bonds is 12. The molecule has 9 nitrogen and oxygen atoms in total. The lowest BCUT2D eigenvalue weighted by Gasteiger charge is -2.12. The minimum absolute atomic E-state index is 0.0615. The van der Waals surface area contributed by atoms with E-state index in [9.17, 15) is 14.4 Å². The van der Waals surface area contributed by atoms with Crippen LogP contribution in [0.5, 0.6) is 17.2 Å². The van der Waals surface area contributed by atoms with Crippen molar-refractivity contribution in [3.63, 3.8) is 0 Å². The van der Waals surface area contributed by atoms with Crippen molar-refractivity contribution >= 4 is 46.9 Å². The molecule has 220 valence electrons. The molecule has 0 aliphatic carbocycles. The van der Waals surface area contributed by atoms with Gasteiger partial charge in [0.2, 0.25) is 5.91 Å². The van der Waals surface area contributed by atoms with Gasteiger partial charge in [0.05, 0.1) is 27.1 Å². The third-order valence-corrected chi connectivity index (χ3v) is 7.06. The van der Waals surface area contributed by atoms with E-state index < -0.39 is 11.8 Å². The van der Waals surface area contributed by atoms with Crippen LogP contribution in [0.4, 0.5) is 11.4 Å². The fourth-order valence-corrected chi connectivity index (χ4v) is 4.60. The van der Waals surface area contributed by atoms with E-state index in [1.54, 1.807) is 118 Å². The van der Waals surface area contributed by atoms with Gasteiger partial charge < -0.3 is 30.2 Å². The number of thioether (sulfide) groups is 1. The number of carbonyl (C=O) groups excluding carboxylic acids is 3. The molecule has 0 aliphatic rings. The van der Waals surface area contributed by atoms with Gasteiger partial charge in [0.1, 0.15) is 22.9 Å². The van der Waals surface area contributed by atoms with Crippen LogP contribution in [-0.2, 0) is 9.59 Å². The molecule has 0 saturated heterocycles. The number of hydrogen-bond donors (Lipinski definition) is 3. The van der Waals surface area contributed by atoms with Crippen LogP contribution in [0.3, 0.4) is 0 Å². The Kier molecular flexibility index (Phi) is 10.8. The second-order valence-corrected chi connectivity index (χ2v) is 10.1. The van der Waals surface area contributed by atoms with Crippen molar-refractivity contribution in [3.8, 4) is 17.2 Å². The van der Waals surface area contributed by atoms with E-state index in [0.717, 1.165) is 4.90 Å². The number of methoxy groups -OCH3 is 3. The highest BCUT2D eigenvalue weighted by Crippen LogP contribution is 2.27. The molecule has 4 aromatic rings. The minimum atomic E-state index is -0.499. The number of ether oxygens (including phenoxy) is 3. The van der Waals surface area contributed by atoms with E-state index in [-0.39, 0.29) is 17.4 Å². The maximum absolute atomic E-state index is 13.3. The summed E-state index contributed by atoms with van der Waals surface area (Å²) >= 11 is 1.35. The summed E-state index contributed by atoms with van der Waals surface area (Å²) in [6.45, 7) is 0. The van der Waals surface area contributed by atoms with E-state index in [2.05, 4.69) is 16.0 Å². The average Bonchev–Trinajstić information content (AvgIpc) is 3.04. The standard InChI is InChI=1S/C33H31N3O6S/c1-40-26-11-7-8-22(16-26)17-30(36-32(38)23-9-5-4-6-10-23)33(39)35-24-12-14-29(15-13-24)43-21-31(37)34-25-18-27(41-2)20-28(19-25)42-3/h4-20H,21H2,1-3H3,(H,34,37)(H,35,39)(H,36,38)/b30-17-. The molecular formula is C33H31N3O6S. The lowest BCUT2D eigenvalue weighted by molar-refractivity contribution is -0.114. The first-order valence-corrected chi connectivity index (χ1v) is 14.1. The number of nitrogens with one attached hydrogen (secondary N) is 3. The molecule has 4 rings (SSSR count).